The summed E-state index contributed by atoms with van der Waals surface area (Å²) in [4.78, 5) is 2.63. The molecule has 0 nitrogen and oxygen atoms in total. The molecule has 2 heteroatoms. The van der Waals surface area contributed by atoms with Crippen LogP contribution in [0.2, 0.25) is 0 Å². The number of fused-ring (bicyclic) bond motifs is 3. The van der Waals surface area contributed by atoms with Gasteiger partial charge in [0.1, 0.15) is 0 Å². The van der Waals surface area contributed by atoms with Gasteiger partial charge in [-0.2, -0.15) is 0 Å². The molecule has 4 rings (SSSR count). The first kappa shape index (κ1) is 12.0. The topological polar surface area (TPSA) is 0 Å². The van der Waals surface area contributed by atoms with Gasteiger partial charge in [-0.05, 0) is 24.3 Å². The highest BCUT2D eigenvalue weighted by Gasteiger charge is 2.08. The van der Waals surface area contributed by atoms with Crippen molar-refractivity contribution in [2.24, 2.45) is 0 Å². The molecule has 0 fully saturated rings. The van der Waals surface area contributed by atoms with Gasteiger partial charge in [0.15, 0.2) is 0 Å². The van der Waals surface area contributed by atoms with Crippen LogP contribution >= 0.6 is 23.1 Å². The van der Waals surface area contributed by atoms with Gasteiger partial charge in [0, 0.05) is 30.0 Å². The molecule has 3 aromatic carbocycles. The maximum absolute atomic E-state index is 2.23. The summed E-state index contributed by atoms with van der Waals surface area (Å²) in [5.74, 6) is 0. The van der Waals surface area contributed by atoms with E-state index in [-0.39, 0.29) is 0 Å². The Morgan fingerprint density at radius 3 is 2.30 bits per heavy atom. The first-order chi connectivity index (χ1) is 9.92. The van der Waals surface area contributed by atoms with Crippen molar-refractivity contribution in [3.05, 3.63) is 72.8 Å². The zero-order chi connectivity index (χ0) is 13.4. The largest absolute Gasteiger partial charge is 0.134 e. The van der Waals surface area contributed by atoms with Crippen LogP contribution < -0.4 is 0 Å². The molecule has 96 valence electrons. The molecule has 0 spiro atoms. The lowest BCUT2D eigenvalue weighted by atomic mass is 10.1. The lowest BCUT2D eigenvalue weighted by molar-refractivity contribution is 1.44. The second-order valence-electron chi connectivity index (χ2n) is 4.65. The summed E-state index contributed by atoms with van der Waals surface area (Å²) in [5.41, 5.74) is 0. The van der Waals surface area contributed by atoms with Gasteiger partial charge in [0.25, 0.3) is 0 Å². The van der Waals surface area contributed by atoms with E-state index < -0.39 is 0 Å². The number of thiophene rings is 1. The third-order valence-electron chi connectivity index (χ3n) is 3.34. The van der Waals surface area contributed by atoms with Crippen molar-refractivity contribution in [3.63, 3.8) is 0 Å². The van der Waals surface area contributed by atoms with Gasteiger partial charge in [-0.15, -0.1) is 11.3 Å². The van der Waals surface area contributed by atoms with Gasteiger partial charge in [0.05, 0.1) is 0 Å². The minimum Gasteiger partial charge on any atom is -0.134 e. The van der Waals surface area contributed by atoms with Crippen LogP contribution in [0.5, 0.6) is 0 Å². The molecule has 0 aliphatic rings. The first-order valence-electron chi connectivity index (χ1n) is 6.55. The summed E-state index contributed by atoms with van der Waals surface area (Å²) in [6.45, 7) is 0. The van der Waals surface area contributed by atoms with Crippen LogP contribution in [0.1, 0.15) is 0 Å². The SMILES string of the molecule is c1ccc(Sc2cccc3c2sc2ccccc23)cc1. The molecule has 0 aliphatic carbocycles. The predicted molar refractivity (Wildman–Crippen MR) is 89.9 cm³/mol. The highest BCUT2D eigenvalue weighted by atomic mass is 32.2. The summed E-state index contributed by atoms with van der Waals surface area (Å²) < 4.78 is 2.76. The van der Waals surface area contributed by atoms with Crippen molar-refractivity contribution >= 4 is 43.3 Å². The van der Waals surface area contributed by atoms with Crippen molar-refractivity contribution in [2.45, 2.75) is 9.79 Å². The molecule has 0 N–H and O–H groups in total. The summed E-state index contributed by atoms with van der Waals surface area (Å²) in [7, 11) is 0. The normalized spacial score (nSPS) is 11.2. The van der Waals surface area contributed by atoms with E-state index in [1.807, 2.05) is 23.1 Å². The van der Waals surface area contributed by atoms with Gasteiger partial charge in [-0.3, -0.25) is 0 Å². The molecule has 0 atom stereocenters. The predicted octanol–water partition coefficient (Wildman–Crippen LogP) is 6.21. The molecule has 0 saturated heterocycles. The smallest absolute Gasteiger partial charge is 0.0494 e. The average Bonchev–Trinajstić information content (AvgIpc) is 2.88. The fourth-order valence-corrected chi connectivity index (χ4v) is 4.67. The Balaban J connectivity index is 1.91. The zero-order valence-electron chi connectivity index (χ0n) is 10.7. The van der Waals surface area contributed by atoms with Gasteiger partial charge < -0.3 is 0 Å². The molecule has 4 aromatic rings. The molecular formula is C18H12S2. The molecule has 0 radical (unpaired) electrons. The van der Waals surface area contributed by atoms with Crippen LogP contribution in [-0.2, 0) is 0 Å². The number of hydrogen-bond acceptors (Lipinski definition) is 2. The van der Waals surface area contributed by atoms with E-state index in [0.717, 1.165) is 0 Å². The summed E-state index contributed by atoms with van der Waals surface area (Å²) in [6, 6.07) is 25.8. The van der Waals surface area contributed by atoms with Gasteiger partial charge >= 0.3 is 0 Å². The maximum Gasteiger partial charge on any atom is 0.0494 e. The Morgan fingerprint density at radius 1 is 0.650 bits per heavy atom. The van der Waals surface area contributed by atoms with Crippen molar-refractivity contribution in [2.75, 3.05) is 0 Å². The van der Waals surface area contributed by atoms with E-state index in [1.54, 1.807) is 0 Å². The maximum atomic E-state index is 2.23. The Morgan fingerprint density at radius 2 is 1.40 bits per heavy atom. The molecule has 20 heavy (non-hydrogen) atoms. The van der Waals surface area contributed by atoms with Crippen LogP contribution in [0, 0.1) is 0 Å². The fourth-order valence-electron chi connectivity index (χ4n) is 2.42. The van der Waals surface area contributed by atoms with E-state index >= 15 is 0 Å². The van der Waals surface area contributed by atoms with Gasteiger partial charge in [0.2, 0.25) is 0 Å². The molecule has 1 heterocycles. The molecule has 0 amide bonds. The van der Waals surface area contributed by atoms with E-state index in [4.69, 9.17) is 0 Å². The van der Waals surface area contributed by atoms with Crippen LogP contribution in [0.4, 0.5) is 0 Å². The minimum atomic E-state index is 1.29. The molecular weight excluding hydrogens is 280 g/mol. The lowest BCUT2D eigenvalue weighted by Gasteiger charge is -2.02. The average molecular weight is 292 g/mol. The van der Waals surface area contributed by atoms with Crippen molar-refractivity contribution in [3.8, 4) is 0 Å². The Kier molecular flexibility index (Phi) is 2.98. The van der Waals surface area contributed by atoms with Crippen molar-refractivity contribution in [1.82, 2.24) is 0 Å². The van der Waals surface area contributed by atoms with Gasteiger partial charge in [-0.25, -0.2) is 0 Å². The van der Waals surface area contributed by atoms with E-state index in [9.17, 15) is 0 Å². The van der Waals surface area contributed by atoms with Gasteiger partial charge in [-0.1, -0.05) is 60.3 Å². The van der Waals surface area contributed by atoms with Crippen molar-refractivity contribution in [1.29, 1.82) is 0 Å². The quantitative estimate of drug-likeness (QED) is 0.423. The standard InChI is InChI=1S/C18H12S2/c1-2-7-13(8-3-1)19-17-12-6-10-15-14-9-4-5-11-16(14)20-18(15)17/h1-12H. The Hall–Kier alpha value is -1.77. The monoisotopic (exact) mass is 292 g/mol. The zero-order valence-corrected chi connectivity index (χ0v) is 12.4. The summed E-state index contributed by atoms with van der Waals surface area (Å²) >= 11 is 3.73. The Labute approximate surface area is 126 Å². The summed E-state index contributed by atoms with van der Waals surface area (Å²) in [5, 5.41) is 2.73. The van der Waals surface area contributed by atoms with E-state index in [1.165, 1.54) is 30.0 Å². The van der Waals surface area contributed by atoms with Crippen LogP contribution in [-0.4, -0.2) is 0 Å². The fraction of sp³-hybridized carbons (Fsp3) is 0. The van der Waals surface area contributed by atoms with Crippen molar-refractivity contribution < 1.29 is 0 Å². The highest BCUT2D eigenvalue weighted by Crippen LogP contribution is 2.41. The number of rotatable bonds is 2. The molecule has 0 saturated carbocycles. The molecule has 0 bridgehead atoms. The molecule has 0 unspecified atom stereocenters. The first-order valence-corrected chi connectivity index (χ1v) is 8.18. The Bertz CT molecular complexity index is 876. The number of benzene rings is 3. The second-order valence-corrected chi connectivity index (χ2v) is 6.81. The van der Waals surface area contributed by atoms with Crippen LogP contribution in [0.3, 0.4) is 0 Å². The van der Waals surface area contributed by atoms with Crippen LogP contribution in [0.15, 0.2) is 82.6 Å². The molecule has 0 aliphatic heterocycles. The molecule has 1 aromatic heterocycles. The van der Waals surface area contributed by atoms with E-state index in [0.29, 0.717) is 0 Å². The minimum absolute atomic E-state index is 1.29. The third-order valence-corrected chi connectivity index (χ3v) is 5.76. The number of hydrogen-bond donors (Lipinski definition) is 0. The summed E-state index contributed by atoms with van der Waals surface area (Å²) in [6.07, 6.45) is 0. The van der Waals surface area contributed by atoms with Crippen LogP contribution in [0.25, 0.3) is 20.2 Å². The van der Waals surface area contributed by atoms with E-state index in [2.05, 4.69) is 72.8 Å². The third kappa shape index (κ3) is 2.01. The lowest BCUT2D eigenvalue weighted by Crippen LogP contribution is -1.73. The highest BCUT2D eigenvalue weighted by molar-refractivity contribution is 7.99. The second kappa shape index (κ2) is 4.97.